The van der Waals surface area contributed by atoms with Crippen LogP contribution in [-0.4, -0.2) is 33.0 Å². The van der Waals surface area contributed by atoms with Gasteiger partial charge in [0.25, 0.3) is 0 Å². The number of carboxylic acids is 1. The van der Waals surface area contributed by atoms with Crippen LogP contribution in [0.4, 0.5) is 4.79 Å². The van der Waals surface area contributed by atoms with E-state index >= 15 is 0 Å². The van der Waals surface area contributed by atoms with Crippen molar-refractivity contribution >= 4 is 12.0 Å². The Hall–Kier alpha value is -2.89. The topological polar surface area (TPSA) is 82.5 Å². The summed E-state index contributed by atoms with van der Waals surface area (Å²) in [4.78, 5) is 30.5. The highest BCUT2D eigenvalue weighted by atomic mass is 16.4. The molecule has 0 aliphatic heterocycles. The monoisotopic (exact) mass is 369 g/mol. The molecule has 1 heterocycles. The molecule has 0 fully saturated rings. The quantitative estimate of drug-likeness (QED) is 0.815. The molecule has 2 amide bonds. The maximum atomic E-state index is 12.9. The van der Waals surface area contributed by atoms with Gasteiger partial charge in [0.1, 0.15) is 6.04 Å². The lowest BCUT2D eigenvalue weighted by Gasteiger charge is -2.31. The van der Waals surface area contributed by atoms with E-state index in [0.717, 1.165) is 16.8 Å². The Labute approximate surface area is 160 Å². The molecule has 27 heavy (non-hydrogen) atoms. The van der Waals surface area contributed by atoms with Crippen molar-refractivity contribution in [3.63, 3.8) is 0 Å². The van der Waals surface area contributed by atoms with E-state index in [9.17, 15) is 14.7 Å². The number of aryl methyl sites for hydroxylation is 1. The summed E-state index contributed by atoms with van der Waals surface area (Å²) in [7, 11) is 0. The number of aliphatic carboxylic acids is 1. The third-order valence-corrected chi connectivity index (χ3v) is 4.34. The van der Waals surface area contributed by atoms with Crippen LogP contribution in [0.25, 0.3) is 0 Å². The molecule has 0 bridgehead atoms. The van der Waals surface area contributed by atoms with Crippen LogP contribution in [0, 0.1) is 12.3 Å². The zero-order chi connectivity index (χ0) is 20.0. The predicted molar refractivity (Wildman–Crippen MR) is 104 cm³/mol. The second kappa shape index (κ2) is 8.66. The van der Waals surface area contributed by atoms with Crippen LogP contribution in [0.2, 0.25) is 0 Å². The molecule has 6 nitrogen and oxygen atoms in total. The Morgan fingerprint density at radius 3 is 2.33 bits per heavy atom. The maximum Gasteiger partial charge on any atom is 0.326 e. The summed E-state index contributed by atoms with van der Waals surface area (Å²) in [6.45, 7) is 7.96. The van der Waals surface area contributed by atoms with Gasteiger partial charge in [0.05, 0.1) is 12.2 Å². The number of aromatic nitrogens is 1. The summed E-state index contributed by atoms with van der Waals surface area (Å²) in [5.74, 6) is -1.05. The Balaban J connectivity index is 2.26. The van der Waals surface area contributed by atoms with Gasteiger partial charge in [-0.15, -0.1) is 0 Å². The lowest BCUT2D eigenvalue weighted by Crippen LogP contribution is -2.53. The molecule has 0 saturated heterocycles. The second-order valence-electron chi connectivity index (χ2n) is 7.70. The number of amides is 2. The highest BCUT2D eigenvalue weighted by Gasteiger charge is 2.34. The Kier molecular flexibility index (Phi) is 6.55. The molecule has 2 rings (SSSR count). The number of rotatable bonds is 6. The average Bonchev–Trinajstić information content (AvgIpc) is 2.60. The van der Waals surface area contributed by atoms with Gasteiger partial charge in [-0.2, -0.15) is 0 Å². The first-order chi connectivity index (χ1) is 12.7. The van der Waals surface area contributed by atoms with Crippen LogP contribution in [0.5, 0.6) is 0 Å². The van der Waals surface area contributed by atoms with Gasteiger partial charge in [0, 0.05) is 12.7 Å². The fraction of sp³-hybridized carbons (Fsp3) is 0.381. The predicted octanol–water partition coefficient (Wildman–Crippen LogP) is 3.60. The second-order valence-corrected chi connectivity index (χ2v) is 7.70. The zero-order valence-electron chi connectivity index (χ0n) is 16.3. The van der Waals surface area contributed by atoms with Crippen molar-refractivity contribution in [2.45, 2.75) is 46.8 Å². The SMILES string of the molecule is Cc1cccnc1CN(Cc1ccccc1)C(=O)N[C@H](C(=O)O)C(C)(C)C. The lowest BCUT2D eigenvalue weighted by atomic mass is 9.87. The van der Waals surface area contributed by atoms with Crippen molar-refractivity contribution in [1.29, 1.82) is 0 Å². The number of nitrogens with zero attached hydrogens (tertiary/aromatic N) is 2. The average molecular weight is 369 g/mol. The number of pyridine rings is 1. The molecule has 6 heteroatoms. The van der Waals surface area contributed by atoms with Gasteiger partial charge in [-0.05, 0) is 29.5 Å². The standard InChI is InChI=1S/C21H27N3O3/c1-15-9-8-12-22-17(15)14-24(13-16-10-6-5-7-11-16)20(27)23-18(19(25)26)21(2,3)4/h5-12,18H,13-14H2,1-4H3,(H,23,27)(H,25,26)/t18-/m1/s1. The van der Waals surface area contributed by atoms with Crippen molar-refractivity contribution in [1.82, 2.24) is 15.2 Å². The molecule has 1 aromatic carbocycles. The Bertz CT molecular complexity index is 785. The van der Waals surface area contributed by atoms with Crippen LogP contribution in [0.1, 0.15) is 37.6 Å². The molecule has 0 spiro atoms. The minimum atomic E-state index is -1.05. The first-order valence-corrected chi connectivity index (χ1v) is 8.91. The van der Waals surface area contributed by atoms with E-state index < -0.39 is 23.5 Å². The molecular weight excluding hydrogens is 342 g/mol. The first kappa shape index (κ1) is 20.4. The number of hydrogen-bond donors (Lipinski definition) is 2. The highest BCUT2D eigenvalue weighted by Crippen LogP contribution is 2.20. The molecule has 0 aliphatic rings. The molecule has 144 valence electrons. The molecular formula is C21H27N3O3. The van der Waals surface area contributed by atoms with Gasteiger partial charge in [-0.3, -0.25) is 4.98 Å². The van der Waals surface area contributed by atoms with Crippen LogP contribution in [0.3, 0.4) is 0 Å². The summed E-state index contributed by atoms with van der Waals surface area (Å²) in [5.41, 5.74) is 2.12. The van der Waals surface area contributed by atoms with Crippen molar-refractivity contribution in [3.05, 3.63) is 65.5 Å². The molecule has 0 saturated carbocycles. The smallest absolute Gasteiger partial charge is 0.326 e. The fourth-order valence-electron chi connectivity index (χ4n) is 2.73. The van der Waals surface area contributed by atoms with Gasteiger partial charge in [0.15, 0.2) is 0 Å². The molecule has 0 radical (unpaired) electrons. The number of carboxylic acid groups (broad SMARTS) is 1. The summed E-state index contributed by atoms with van der Waals surface area (Å²) in [6.07, 6.45) is 1.69. The van der Waals surface area contributed by atoms with E-state index in [-0.39, 0.29) is 0 Å². The van der Waals surface area contributed by atoms with Crippen molar-refractivity contribution < 1.29 is 14.7 Å². The van der Waals surface area contributed by atoms with Gasteiger partial charge in [0.2, 0.25) is 0 Å². The van der Waals surface area contributed by atoms with Crippen molar-refractivity contribution in [2.24, 2.45) is 5.41 Å². The van der Waals surface area contributed by atoms with E-state index in [1.807, 2.05) is 49.4 Å². The van der Waals surface area contributed by atoms with Crippen molar-refractivity contribution in [2.75, 3.05) is 0 Å². The number of carbonyl (C=O) groups excluding carboxylic acids is 1. The third kappa shape index (κ3) is 5.81. The van der Waals surface area contributed by atoms with Gasteiger partial charge in [-0.25, -0.2) is 9.59 Å². The highest BCUT2D eigenvalue weighted by molar-refractivity contribution is 5.83. The van der Waals surface area contributed by atoms with E-state index in [1.54, 1.807) is 31.9 Å². The Morgan fingerprint density at radius 1 is 1.11 bits per heavy atom. The lowest BCUT2D eigenvalue weighted by molar-refractivity contribution is -0.142. The summed E-state index contributed by atoms with van der Waals surface area (Å²) >= 11 is 0. The summed E-state index contributed by atoms with van der Waals surface area (Å²) < 4.78 is 0. The zero-order valence-corrected chi connectivity index (χ0v) is 16.3. The minimum Gasteiger partial charge on any atom is -0.480 e. The van der Waals surface area contributed by atoms with Gasteiger partial charge < -0.3 is 15.3 Å². The molecule has 0 aliphatic carbocycles. The molecule has 1 aromatic heterocycles. The number of nitrogens with one attached hydrogen (secondary N) is 1. The number of hydrogen-bond acceptors (Lipinski definition) is 3. The maximum absolute atomic E-state index is 12.9. The number of carbonyl (C=O) groups is 2. The molecule has 2 aromatic rings. The van der Waals surface area contributed by atoms with E-state index in [1.165, 1.54) is 0 Å². The van der Waals surface area contributed by atoms with Crippen molar-refractivity contribution in [3.8, 4) is 0 Å². The third-order valence-electron chi connectivity index (χ3n) is 4.34. The van der Waals surface area contributed by atoms with Crippen LogP contribution >= 0.6 is 0 Å². The molecule has 2 N–H and O–H groups in total. The van der Waals surface area contributed by atoms with E-state index in [0.29, 0.717) is 13.1 Å². The largest absolute Gasteiger partial charge is 0.480 e. The van der Waals surface area contributed by atoms with Crippen LogP contribution < -0.4 is 5.32 Å². The number of benzene rings is 1. The van der Waals surface area contributed by atoms with E-state index in [4.69, 9.17) is 0 Å². The van der Waals surface area contributed by atoms with E-state index in [2.05, 4.69) is 10.3 Å². The van der Waals surface area contributed by atoms with Crippen LogP contribution in [0.15, 0.2) is 48.7 Å². The summed E-state index contributed by atoms with van der Waals surface area (Å²) in [5, 5.41) is 12.2. The number of urea groups is 1. The van der Waals surface area contributed by atoms with Gasteiger partial charge in [-0.1, -0.05) is 57.2 Å². The normalized spacial score (nSPS) is 12.3. The minimum absolute atomic E-state index is 0.296. The van der Waals surface area contributed by atoms with Gasteiger partial charge >= 0.3 is 12.0 Å². The summed E-state index contributed by atoms with van der Waals surface area (Å²) in [6, 6.07) is 12.0. The van der Waals surface area contributed by atoms with Crippen LogP contribution in [-0.2, 0) is 17.9 Å². The fourth-order valence-corrected chi connectivity index (χ4v) is 2.73. The first-order valence-electron chi connectivity index (χ1n) is 8.91. The Morgan fingerprint density at radius 2 is 1.78 bits per heavy atom. The molecule has 1 atom stereocenters. The molecule has 0 unspecified atom stereocenters.